The van der Waals surface area contributed by atoms with Gasteiger partial charge in [-0.1, -0.05) is 28.1 Å². The van der Waals surface area contributed by atoms with Crippen LogP contribution in [0, 0.1) is 0 Å². The van der Waals surface area contributed by atoms with E-state index in [2.05, 4.69) is 46.8 Å². The van der Waals surface area contributed by atoms with Gasteiger partial charge in [0.05, 0.1) is 11.6 Å². The molecule has 0 atom stereocenters. The molecule has 1 N–H and O–H groups in total. The number of aromatic amines is 1. The van der Waals surface area contributed by atoms with Gasteiger partial charge in [0, 0.05) is 10.0 Å². The number of nitrogens with one attached hydrogen (secondary N) is 1. The topological polar surface area (TPSA) is 55.0 Å². The van der Waals surface area contributed by atoms with Crippen LogP contribution in [0.4, 0.5) is 0 Å². The van der Waals surface area contributed by atoms with Gasteiger partial charge in [-0.2, -0.15) is 5.10 Å². The van der Waals surface area contributed by atoms with Crippen molar-refractivity contribution in [3.05, 3.63) is 38.9 Å². The van der Waals surface area contributed by atoms with Crippen molar-refractivity contribution in [2.24, 2.45) is 0 Å². The number of H-pyrrole nitrogens is 1. The number of hydrogen-bond acceptors (Lipinski definition) is 3. The van der Waals surface area contributed by atoms with Crippen LogP contribution in [0.25, 0.3) is 11.3 Å². The summed E-state index contributed by atoms with van der Waals surface area (Å²) in [4.78, 5) is 11.4. The summed E-state index contributed by atoms with van der Waals surface area (Å²) in [5, 5.41) is 6.75. The molecule has 0 radical (unpaired) electrons. The molecule has 0 saturated heterocycles. The van der Waals surface area contributed by atoms with E-state index in [1.807, 2.05) is 24.3 Å². The van der Waals surface area contributed by atoms with Gasteiger partial charge in [-0.3, -0.25) is 5.10 Å². The molecular formula is C11H8Br2N2O2. The molecule has 0 unspecified atom stereocenters. The molecule has 1 aromatic heterocycles. The molecule has 0 saturated carbocycles. The van der Waals surface area contributed by atoms with Crippen LogP contribution >= 0.6 is 31.9 Å². The molecule has 0 aliphatic carbocycles. The molecule has 17 heavy (non-hydrogen) atoms. The monoisotopic (exact) mass is 358 g/mol. The van der Waals surface area contributed by atoms with Gasteiger partial charge in [0.2, 0.25) is 0 Å². The molecule has 4 nitrogen and oxygen atoms in total. The van der Waals surface area contributed by atoms with Crippen LogP contribution in [-0.4, -0.2) is 23.3 Å². The molecule has 1 aromatic carbocycles. The lowest BCUT2D eigenvalue weighted by atomic mass is 10.1. The van der Waals surface area contributed by atoms with Crippen LogP contribution in [0.3, 0.4) is 0 Å². The highest BCUT2D eigenvalue weighted by Crippen LogP contribution is 2.29. The fraction of sp³-hybridized carbons (Fsp3) is 0.0909. The van der Waals surface area contributed by atoms with E-state index < -0.39 is 5.97 Å². The van der Waals surface area contributed by atoms with Crippen molar-refractivity contribution in [2.75, 3.05) is 7.11 Å². The molecule has 2 rings (SSSR count). The third-order valence-corrected chi connectivity index (χ3v) is 3.51. The van der Waals surface area contributed by atoms with Crippen LogP contribution in [0.5, 0.6) is 0 Å². The minimum atomic E-state index is -0.451. The highest BCUT2D eigenvalue weighted by Gasteiger charge is 2.18. The summed E-state index contributed by atoms with van der Waals surface area (Å²) in [7, 11) is 1.33. The predicted octanol–water partition coefficient (Wildman–Crippen LogP) is 3.39. The SMILES string of the molecule is COC(=O)c1[nH]nc(-c2ccc(Br)cc2)c1Br. The molecule has 0 aliphatic heterocycles. The van der Waals surface area contributed by atoms with E-state index in [9.17, 15) is 4.79 Å². The van der Waals surface area contributed by atoms with Gasteiger partial charge in [0.15, 0.2) is 5.69 Å². The first-order valence-electron chi connectivity index (χ1n) is 4.71. The minimum absolute atomic E-state index is 0.311. The molecule has 0 bridgehead atoms. The van der Waals surface area contributed by atoms with Gasteiger partial charge in [0.25, 0.3) is 0 Å². The summed E-state index contributed by atoms with van der Waals surface area (Å²) in [5.74, 6) is -0.451. The van der Waals surface area contributed by atoms with Gasteiger partial charge < -0.3 is 4.74 Å². The second-order valence-electron chi connectivity index (χ2n) is 3.26. The number of halogens is 2. The van der Waals surface area contributed by atoms with E-state index in [0.29, 0.717) is 15.9 Å². The Balaban J connectivity index is 2.44. The number of hydrogen-bond donors (Lipinski definition) is 1. The molecule has 88 valence electrons. The Morgan fingerprint density at radius 3 is 2.53 bits per heavy atom. The van der Waals surface area contributed by atoms with E-state index in [0.717, 1.165) is 10.0 Å². The Kier molecular flexibility index (Phi) is 3.63. The summed E-state index contributed by atoms with van der Waals surface area (Å²) in [6.45, 7) is 0. The van der Waals surface area contributed by atoms with Crippen molar-refractivity contribution >= 4 is 37.8 Å². The Hall–Kier alpha value is -1.14. The Bertz CT molecular complexity index is 549. The zero-order valence-electron chi connectivity index (χ0n) is 8.83. The van der Waals surface area contributed by atoms with Gasteiger partial charge in [-0.15, -0.1) is 0 Å². The zero-order chi connectivity index (χ0) is 12.4. The second kappa shape index (κ2) is 5.01. The average Bonchev–Trinajstić information content (AvgIpc) is 2.71. The number of carbonyl (C=O) groups excluding carboxylic acids is 1. The molecule has 0 aliphatic rings. The molecule has 1 heterocycles. The Morgan fingerprint density at radius 1 is 1.29 bits per heavy atom. The van der Waals surface area contributed by atoms with E-state index in [1.165, 1.54) is 7.11 Å². The molecule has 0 spiro atoms. The molecule has 2 aromatic rings. The molecule has 6 heteroatoms. The first kappa shape index (κ1) is 12.3. The van der Waals surface area contributed by atoms with E-state index in [-0.39, 0.29) is 0 Å². The normalized spacial score (nSPS) is 10.3. The number of rotatable bonds is 2. The number of benzene rings is 1. The first-order chi connectivity index (χ1) is 8.13. The maximum Gasteiger partial charge on any atom is 0.357 e. The van der Waals surface area contributed by atoms with Crippen LogP contribution in [0.1, 0.15) is 10.5 Å². The van der Waals surface area contributed by atoms with E-state index in [1.54, 1.807) is 0 Å². The van der Waals surface area contributed by atoms with Crippen LogP contribution < -0.4 is 0 Å². The van der Waals surface area contributed by atoms with Crippen molar-refractivity contribution in [1.29, 1.82) is 0 Å². The smallest absolute Gasteiger partial charge is 0.357 e. The summed E-state index contributed by atoms with van der Waals surface area (Å²) < 4.78 is 6.23. The lowest BCUT2D eigenvalue weighted by molar-refractivity contribution is 0.0593. The largest absolute Gasteiger partial charge is 0.464 e. The predicted molar refractivity (Wildman–Crippen MR) is 70.8 cm³/mol. The van der Waals surface area contributed by atoms with E-state index in [4.69, 9.17) is 0 Å². The number of ether oxygens (including phenoxy) is 1. The lowest BCUT2D eigenvalue weighted by Gasteiger charge is -1.98. The van der Waals surface area contributed by atoms with Gasteiger partial charge in [-0.25, -0.2) is 4.79 Å². The minimum Gasteiger partial charge on any atom is -0.464 e. The van der Waals surface area contributed by atoms with Crippen molar-refractivity contribution in [2.45, 2.75) is 0 Å². The lowest BCUT2D eigenvalue weighted by Crippen LogP contribution is -2.02. The maximum absolute atomic E-state index is 11.4. The Labute approximate surface area is 115 Å². The molecule has 0 fully saturated rings. The van der Waals surface area contributed by atoms with Crippen LogP contribution in [-0.2, 0) is 4.74 Å². The number of esters is 1. The number of aromatic nitrogens is 2. The van der Waals surface area contributed by atoms with Crippen molar-refractivity contribution in [3.8, 4) is 11.3 Å². The zero-order valence-corrected chi connectivity index (χ0v) is 12.0. The summed E-state index contributed by atoms with van der Waals surface area (Å²) in [6, 6.07) is 7.64. The summed E-state index contributed by atoms with van der Waals surface area (Å²) in [5.41, 5.74) is 1.90. The third-order valence-electron chi connectivity index (χ3n) is 2.21. The summed E-state index contributed by atoms with van der Waals surface area (Å²) in [6.07, 6.45) is 0. The van der Waals surface area contributed by atoms with Crippen LogP contribution in [0.15, 0.2) is 33.2 Å². The van der Waals surface area contributed by atoms with Gasteiger partial charge in [0.1, 0.15) is 5.69 Å². The van der Waals surface area contributed by atoms with Crippen LogP contribution in [0.2, 0.25) is 0 Å². The third kappa shape index (κ3) is 2.42. The standard InChI is InChI=1S/C11H8Br2N2O2/c1-17-11(16)10-8(13)9(14-15-10)6-2-4-7(12)5-3-6/h2-5H,1H3,(H,14,15). The number of carbonyl (C=O) groups is 1. The first-order valence-corrected chi connectivity index (χ1v) is 6.30. The van der Waals surface area contributed by atoms with Crippen molar-refractivity contribution in [3.63, 3.8) is 0 Å². The van der Waals surface area contributed by atoms with Crippen molar-refractivity contribution in [1.82, 2.24) is 10.2 Å². The molecular weight excluding hydrogens is 352 g/mol. The second-order valence-corrected chi connectivity index (χ2v) is 4.97. The highest BCUT2D eigenvalue weighted by molar-refractivity contribution is 9.11. The quantitative estimate of drug-likeness (QED) is 0.836. The van der Waals surface area contributed by atoms with Crippen molar-refractivity contribution < 1.29 is 9.53 Å². The fourth-order valence-corrected chi connectivity index (χ4v) is 2.20. The van der Waals surface area contributed by atoms with Gasteiger partial charge in [-0.05, 0) is 28.1 Å². The summed E-state index contributed by atoms with van der Waals surface area (Å²) >= 11 is 6.70. The average molecular weight is 360 g/mol. The number of nitrogens with zero attached hydrogens (tertiary/aromatic N) is 1. The fourth-order valence-electron chi connectivity index (χ4n) is 1.36. The number of methoxy groups -OCH3 is 1. The maximum atomic E-state index is 11.4. The van der Waals surface area contributed by atoms with Gasteiger partial charge >= 0.3 is 5.97 Å². The molecule has 0 amide bonds. The highest BCUT2D eigenvalue weighted by atomic mass is 79.9. The van der Waals surface area contributed by atoms with E-state index >= 15 is 0 Å². The Morgan fingerprint density at radius 2 is 1.94 bits per heavy atom.